The van der Waals surface area contributed by atoms with E-state index in [-0.39, 0.29) is 17.6 Å². The van der Waals surface area contributed by atoms with E-state index in [1.807, 2.05) is 6.92 Å². The molecule has 1 N–H and O–H groups in total. The van der Waals surface area contributed by atoms with Crippen LogP contribution in [0.1, 0.15) is 17.4 Å². The highest BCUT2D eigenvalue weighted by Crippen LogP contribution is 2.20. The second-order valence-electron chi connectivity index (χ2n) is 4.69. The average molecular weight is 275 g/mol. The monoisotopic (exact) mass is 275 g/mol. The number of carbonyl (C=O) groups is 1. The summed E-state index contributed by atoms with van der Waals surface area (Å²) in [5, 5.41) is 3.14. The number of hydrogen-bond acceptors (Lipinski definition) is 2. The number of aromatic nitrogens is 1. The maximum atomic E-state index is 12.4. The molecule has 0 bridgehead atoms. The summed E-state index contributed by atoms with van der Waals surface area (Å²) in [6.07, 6.45) is -3.04. The molecule has 1 fully saturated rings. The summed E-state index contributed by atoms with van der Waals surface area (Å²) in [6, 6.07) is 2.88. The van der Waals surface area contributed by atoms with Crippen molar-refractivity contribution in [1.82, 2.24) is 14.8 Å². The number of carbonyl (C=O) groups excluding carboxylic acids is 1. The van der Waals surface area contributed by atoms with Gasteiger partial charge in [0.15, 0.2) is 0 Å². The quantitative estimate of drug-likeness (QED) is 0.888. The maximum absolute atomic E-state index is 12.4. The number of hydrogen-bond donors (Lipinski definition) is 1. The summed E-state index contributed by atoms with van der Waals surface area (Å²) >= 11 is 0. The fourth-order valence-corrected chi connectivity index (χ4v) is 2.23. The lowest BCUT2D eigenvalue weighted by molar-refractivity contribution is -0.140. The van der Waals surface area contributed by atoms with Gasteiger partial charge in [0, 0.05) is 31.9 Å². The van der Waals surface area contributed by atoms with Gasteiger partial charge in [-0.25, -0.2) is 0 Å². The van der Waals surface area contributed by atoms with Crippen LogP contribution in [0.5, 0.6) is 0 Å². The van der Waals surface area contributed by atoms with Crippen LogP contribution in [0.3, 0.4) is 0 Å². The molecule has 106 valence electrons. The SMILES string of the molecule is C[C@@H]1CNCCN1C(=O)c1cccn1CC(F)(F)F. The summed E-state index contributed by atoms with van der Waals surface area (Å²) < 4.78 is 38.2. The second kappa shape index (κ2) is 5.24. The number of rotatable bonds is 2. The number of halogens is 3. The summed E-state index contributed by atoms with van der Waals surface area (Å²) in [4.78, 5) is 13.9. The Bertz CT molecular complexity index is 455. The van der Waals surface area contributed by atoms with Crippen molar-refractivity contribution < 1.29 is 18.0 Å². The zero-order valence-electron chi connectivity index (χ0n) is 10.6. The normalized spacial score (nSPS) is 20.6. The molecule has 0 aliphatic carbocycles. The third kappa shape index (κ3) is 3.28. The van der Waals surface area contributed by atoms with Crippen molar-refractivity contribution in [3.63, 3.8) is 0 Å². The maximum Gasteiger partial charge on any atom is 0.406 e. The second-order valence-corrected chi connectivity index (χ2v) is 4.69. The van der Waals surface area contributed by atoms with E-state index >= 15 is 0 Å². The molecule has 0 radical (unpaired) electrons. The molecule has 1 aromatic heterocycles. The van der Waals surface area contributed by atoms with Crippen LogP contribution in [0.15, 0.2) is 18.3 Å². The van der Waals surface area contributed by atoms with E-state index in [2.05, 4.69) is 5.32 Å². The molecule has 19 heavy (non-hydrogen) atoms. The summed E-state index contributed by atoms with van der Waals surface area (Å²) in [6.45, 7) is 2.57. The molecule has 1 atom stereocenters. The van der Waals surface area contributed by atoms with E-state index in [4.69, 9.17) is 0 Å². The fourth-order valence-electron chi connectivity index (χ4n) is 2.23. The van der Waals surface area contributed by atoms with Gasteiger partial charge in [-0.05, 0) is 19.1 Å². The van der Waals surface area contributed by atoms with Crippen molar-refractivity contribution in [2.45, 2.75) is 25.7 Å². The lowest BCUT2D eigenvalue weighted by atomic mass is 10.2. The van der Waals surface area contributed by atoms with E-state index in [1.54, 1.807) is 4.90 Å². The Kier molecular flexibility index (Phi) is 3.84. The van der Waals surface area contributed by atoms with Gasteiger partial charge in [0.05, 0.1) is 0 Å². The summed E-state index contributed by atoms with van der Waals surface area (Å²) in [5.41, 5.74) is 0.0890. The molecule has 2 heterocycles. The van der Waals surface area contributed by atoms with E-state index in [1.165, 1.54) is 18.3 Å². The molecule has 1 aliphatic rings. The van der Waals surface area contributed by atoms with E-state index in [0.29, 0.717) is 19.6 Å². The first-order valence-electron chi connectivity index (χ1n) is 6.12. The number of nitrogens with one attached hydrogen (secondary N) is 1. The Labute approximate surface area is 109 Å². The van der Waals surface area contributed by atoms with Gasteiger partial charge in [-0.2, -0.15) is 13.2 Å². The molecule has 0 saturated carbocycles. The van der Waals surface area contributed by atoms with Gasteiger partial charge < -0.3 is 14.8 Å². The van der Waals surface area contributed by atoms with E-state index in [0.717, 1.165) is 4.57 Å². The third-order valence-corrected chi connectivity index (χ3v) is 3.16. The zero-order valence-corrected chi connectivity index (χ0v) is 10.6. The largest absolute Gasteiger partial charge is 0.406 e. The highest BCUT2D eigenvalue weighted by Gasteiger charge is 2.31. The Balaban J connectivity index is 2.17. The molecule has 7 heteroatoms. The van der Waals surface area contributed by atoms with Crippen molar-refractivity contribution in [3.8, 4) is 0 Å². The van der Waals surface area contributed by atoms with Crippen LogP contribution in [0.25, 0.3) is 0 Å². The van der Waals surface area contributed by atoms with Gasteiger partial charge in [-0.1, -0.05) is 0 Å². The van der Waals surface area contributed by atoms with E-state index < -0.39 is 12.7 Å². The van der Waals surface area contributed by atoms with Crippen LogP contribution >= 0.6 is 0 Å². The number of nitrogens with zero attached hydrogens (tertiary/aromatic N) is 2. The third-order valence-electron chi connectivity index (χ3n) is 3.16. The van der Waals surface area contributed by atoms with Gasteiger partial charge in [0.25, 0.3) is 5.91 Å². The number of piperazine rings is 1. The summed E-state index contributed by atoms with van der Waals surface area (Å²) in [5.74, 6) is -0.344. The average Bonchev–Trinajstić information content (AvgIpc) is 2.74. The molecule has 1 saturated heterocycles. The Morgan fingerprint density at radius 1 is 1.53 bits per heavy atom. The molecule has 1 aliphatic heterocycles. The minimum Gasteiger partial charge on any atom is -0.334 e. The van der Waals surface area contributed by atoms with Crippen LogP contribution in [0, 0.1) is 0 Å². The minimum absolute atomic E-state index is 0.0181. The first-order valence-corrected chi connectivity index (χ1v) is 6.12. The first kappa shape index (κ1) is 13.9. The van der Waals surface area contributed by atoms with Crippen molar-refractivity contribution in [1.29, 1.82) is 0 Å². The van der Waals surface area contributed by atoms with Gasteiger partial charge in [-0.15, -0.1) is 0 Å². The van der Waals surface area contributed by atoms with Crippen LogP contribution in [0.4, 0.5) is 13.2 Å². The predicted octanol–water partition coefficient (Wildman–Crippen LogP) is 1.48. The minimum atomic E-state index is -4.33. The van der Waals surface area contributed by atoms with Gasteiger partial charge in [0.1, 0.15) is 12.2 Å². The highest BCUT2D eigenvalue weighted by atomic mass is 19.4. The molecular formula is C12H16F3N3O. The smallest absolute Gasteiger partial charge is 0.334 e. The van der Waals surface area contributed by atoms with Crippen LogP contribution in [0.2, 0.25) is 0 Å². The van der Waals surface area contributed by atoms with Crippen molar-refractivity contribution in [2.75, 3.05) is 19.6 Å². The molecule has 0 unspecified atom stereocenters. The summed E-state index contributed by atoms with van der Waals surface area (Å²) in [7, 11) is 0. The molecule has 2 rings (SSSR count). The zero-order chi connectivity index (χ0) is 14.0. The number of amides is 1. The molecule has 4 nitrogen and oxygen atoms in total. The molecule has 1 aromatic rings. The Morgan fingerprint density at radius 2 is 2.26 bits per heavy atom. The topological polar surface area (TPSA) is 37.3 Å². The predicted molar refractivity (Wildman–Crippen MR) is 63.9 cm³/mol. The fraction of sp³-hybridized carbons (Fsp3) is 0.583. The van der Waals surface area contributed by atoms with Crippen LogP contribution < -0.4 is 5.32 Å². The Morgan fingerprint density at radius 3 is 2.89 bits per heavy atom. The Hall–Kier alpha value is -1.50. The van der Waals surface area contributed by atoms with Crippen molar-refractivity contribution in [2.24, 2.45) is 0 Å². The molecule has 0 aromatic carbocycles. The highest BCUT2D eigenvalue weighted by molar-refractivity contribution is 5.93. The molecular weight excluding hydrogens is 259 g/mol. The van der Waals surface area contributed by atoms with Gasteiger partial charge in [0.2, 0.25) is 0 Å². The molecule has 1 amide bonds. The lowest BCUT2D eigenvalue weighted by Crippen LogP contribution is -2.52. The standard InChI is InChI=1S/C12H16F3N3O/c1-9-7-16-4-6-18(9)11(19)10-3-2-5-17(10)8-12(13,14)15/h2-3,5,9,16H,4,6-8H2,1H3/t9-/m1/s1. The first-order chi connectivity index (χ1) is 8.88. The van der Waals surface area contributed by atoms with Crippen LogP contribution in [-0.4, -0.2) is 47.2 Å². The van der Waals surface area contributed by atoms with Gasteiger partial charge >= 0.3 is 6.18 Å². The molecule has 0 spiro atoms. The lowest BCUT2D eigenvalue weighted by Gasteiger charge is -2.34. The van der Waals surface area contributed by atoms with Gasteiger partial charge in [-0.3, -0.25) is 4.79 Å². The van der Waals surface area contributed by atoms with Crippen molar-refractivity contribution >= 4 is 5.91 Å². The number of alkyl halides is 3. The van der Waals surface area contributed by atoms with E-state index in [9.17, 15) is 18.0 Å². The van der Waals surface area contributed by atoms with Crippen LogP contribution in [-0.2, 0) is 6.54 Å². The van der Waals surface area contributed by atoms with Crippen molar-refractivity contribution in [3.05, 3.63) is 24.0 Å².